The van der Waals surface area contributed by atoms with Crippen molar-refractivity contribution in [3.63, 3.8) is 0 Å². The van der Waals surface area contributed by atoms with Crippen LogP contribution in [0.5, 0.6) is 17.2 Å². The molecule has 0 radical (unpaired) electrons. The summed E-state index contributed by atoms with van der Waals surface area (Å²) in [6.07, 6.45) is 4.70. The number of methoxy groups -OCH3 is 2. The van der Waals surface area contributed by atoms with Gasteiger partial charge in [-0.15, -0.1) is 0 Å². The monoisotopic (exact) mass is 470 g/mol. The van der Waals surface area contributed by atoms with Gasteiger partial charge in [0, 0.05) is 25.5 Å². The van der Waals surface area contributed by atoms with Crippen molar-refractivity contribution < 1.29 is 22.6 Å². The van der Waals surface area contributed by atoms with E-state index in [1.54, 1.807) is 38.5 Å². The van der Waals surface area contributed by atoms with Crippen molar-refractivity contribution in [2.24, 2.45) is 0 Å². The van der Waals surface area contributed by atoms with E-state index in [-0.39, 0.29) is 9.79 Å². The highest BCUT2D eigenvalue weighted by Crippen LogP contribution is 2.27. The Morgan fingerprint density at radius 1 is 0.848 bits per heavy atom. The van der Waals surface area contributed by atoms with Crippen LogP contribution in [0.2, 0.25) is 0 Å². The number of aromatic nitrogens is 1. The highest BCUT2D eigenvalue weighted by Gasteiger charge is 2.17. The Morgan fingerprint density at radius 3 is 2.18 bits per heavy atom. The Kier molecular flexibility index (Phi) is 8.68. The first kappa shape index (κ1) is 24.5. The largest absolute Gasteiger partial charge is 0.494 e. The fourth-order valence-corrected chi connectivity index (χ4v) is 4.61. The lowest BCUT2D eigenvalue weighted by molar-refractivity contribution is 0.264. The molecule has 33 heavy (non-hydrogen) atoms. The van der Waals surface area contributed by atoms with E-state index in [4.69, 9.17) is 14.2 Å². The molecule has 0 atom stereocenters. The lowest BCUT2D eigenvalue weighted by atomic mass is 10.1. The van der Waals surface area contributed by atoms with Crippen LogP contribution in [-0.2, 0) is 16.3 Å². The van der Waals surface area contributed by atoms with E-state index in [1.807, 2.05) is 12.1 Å². The molecule has 0 spiro atoms. The van der Waals surface area contributed by atoms with Gasteiger partial charge >= 0.3 is 0 Å². The molecule has 8 heteroatoms. The molecule has 3 rings (SSSR count). The summed E-state index contributed by atoms with van der Waals surface area (Å²) in [5.74, 6) is 2.12. The number of benzene rings is 2. The summed E-state index contributed by atoms with van der Waals surface area (Å²) >= 11 is 0. The second-order valence-corrected chi connectivity index (χ2v) is 9.55. The van der Waals surface area contributed by atoms with Gasteiger partial charge < -0.3 is 19.1 Å². The normalized spacial score (nSPS) is 11.4. The van der Waals surface area contributed by atoms with Gasteiger partial charge in [-0.2, -0.15) is 0 Å². The van der Waals surface area contributed by atoms with Gasteiger partial charge in [-0.1, -0.05) is 6.07 Å². The first-order valence-electron chi connectivity index (χ1n) is 10.7. The van der Waals surface area contributed by atoms with Crippen molar-refractivity contribution in [2.45, 2.75) is 22.6 Å². The van der Waals surface area contributed by atoms with Crippen LogP contribution in [0, 0.1) is 0 Å². The third-order valence-corrected chi connectivity index (χ3v) is 7.06. The summed E-state index contributed by atoms with van der Waals surface area (Å²) < 4.78 is 41.7. The van der Waals surface area contributed by atoms with Crippen molar-refractivity contribution in [3.8, 4) is 17.2 Å². The van der Waals surface area contributed by atoms with Gasteiger partial charge in [0.1, 0.15) is 5.75 Å². The Morgan fingerprint density at radius 2 is 1.52 bits per heavy atom. The quantitative estimate of drug-likeness (QED) is 0.372. The molecular formula is C25H30N2O5S. The minimum Gasteiger partial charge on any atom is -0.494 e. The van der Waals surface area contributed by atoms with Gasteiger partial charge in [0.25, 0.3) is 0 Å². The van der Waals surface area contributed by atoms with Crippen LogP contribution < -0.4 is 14.2 Å². The Bertz CT molecular complexity index is 1120. The number of hydrogen-bond donors (Lipinski definition) is 0. The predicted molar refractivity (Wildman–Crippen MR) is 127 cm³/mol. The number of rotatable bonds is 12. The standard InChI is InChI=1S/C25H30N2O5S/c1-27(17-13-20-5-10-24(30-2)25(19-20)31-3)16-4-18-32-21-6-8-22(9-7-21)33(28,29)23-11-14-26-15-12-23/h5-12,14-15,19H,4,13,16-18H2,1-3H3. The van der Waals surface area contributed by atoms with Crippen molar-refractivity contribution in [1.82, 2.24) is 9.88 Å². The highest BCUT2D eigenvalue weighted by atomic mass is 32.2. The summed E-state index contributed by atoms with van der Waals surface area (Å²) in [6.45, 7) is 2.36. The number of nitrogens with zero attached hydrogens (tertiary/aromatic N) is 2. The maximum atomic E-state index is 12.6. The van der Waals surface area contributed by atoms with Crippen LogP contribution in [0.15, 0.2) is 76.8 Å². The molecule has 0 bridgehead atoms. The fraction of sp³-hybridized carbons (Fsp3) is 0.320. The summed E-state index contributed by atoms with van der Waals surface area (Å²) in [5.41, 5.74) is 1.19. The number of ether oxygens (including phenoxy) is 3. The Hall–Kier alpha value is -3.10. The molecule has 2 aromatic carbocycles. The third-order valence-electron chi connectivity index (χ3n) is 5.28. The van der Waals surface area contributed by atoms with E-state index < -0.39 is 9.84 Å². The molecule has 1 aromatic heterocycles. The molecular weight excluding hydrogens is 440 g/mol. The first-order valence-corrected chi connectivity index (χ1v) is 12.2. The molecule has 0 amide bonds. The molecule has 0 fully saturated rings. The second-order valence-electron chi connectivity index (χ2n) is 7.60. The zero-order valence-corrected chi connectivity index (χ0v) is 20.0. The average molecular weight is 471 g/mol. The van der Waals surface area contributed by atoms with Crippen LogP contribution in [0.25, 0.3) is 0 Å². The lowest BCUT2D eigenvalue weighted by Crippen LogP contribution is -2.23. The zero-order valence-electron chi connectivity index (χ0n) is 19.2. The minimum absolute atomic E-state index is 0.224. The molecule has 0 unspecified atom stereocenters. The van der Waals surface area contributed by atoms with E-state index in [0.717, 1.165) is 37.4 Å². The van der Waals surface area contributed by atoms with Crippen molar-refractivity contribution >= 4 is 9.84 Å². The highest BCUT2D eigenvalue weighted by molar-refractivity contribution is 7.91. The molecule has 176 valence electrons. The van der Waals surface area contributed by atoms with Gasteiger partial charge in [-0.3, -0.25) is 4.98 Å². The van der Waals surface area contributed by atoms with Gasteiger partial charge in [-0.25, -0.2) is 8.42 Å². The van der Waals surface area contributed by atoms with Crippen molar-refractivity contribution in [1.29, 1.82) is 0 Å². The first-order chi connectivity index (χ1) is 15.9. The predicted octanol–water partition coefficient (Wildman–Crippen LogP) is 3.88. The van der Waals surface area contributed by atoms with Gasteiger partial charge in [-0.05, 0) is 74.0 Å². The fourth-order valence-electron chi connectivity index (χ4n) is 3.36. The van der Waals surface area contributed by atoms with Crippen molar-refractivity contribution in [3.05, 3.63) is 72.6 Å². The molecule has 3 aromatic rings. The zero-order chi connectivity index (χ0) is 23.7. The van der Waals surface area contributed by atoms with E-state index in [9.17, 15) is 8.42 Å². The summed E-state index contributed by atoms with van der Waals surface area (Å²) in [6, 6.07) is 15.5. The molecule has 0 aliphatic heterocycles. The van der Waals surface area contributed by atoms with Crippen LogP contribution in [0.1, 0.15) is 12.0 Å². The number of likely N-dealkylation sites (N-methyl/N-ethyl adjacent to an activating group) is 1. The summed E-state index contributed by atoms with van der Waals surface area (Å²) in [4.78, 5) is 6.57. The van der Waals surface area contributed by atoms with Gasteiger partial charge in [0.15, 0.2) is 11.5 Å². The number of pyridine rings is 1. The maximum Gasteiger partial charge on any atom is 0.206 e. The molecule has 0 saturated heterocycles. The minimum atomic E-state index is -3.55. The van der Waals surface area contributed by atoms with Crippen molar-refractivity contribution in [2.75, 3.05) is 41.0 Å². The van der Waals surface area contributed by atoms with E-state index in [0.29, 0.717) is 12.4 Å². The SMILES string of the molecule is COc1ccc(CCN(C)CCCOc2ccc(S(=O)(=O)c3ccncc3)cc2)cc1OC. The molecule has 7 nitrogen and oxygen atoms in total. The van der Waals surface area contributed by atoms with Crippen LogP contribution >= 0.6 is 0 Å². The van der Waals surface area contributed by atoms with Gasteiger partial charge in [0.05, 0.1) is 30.6 Å². The van der Waals surface area contributed by atoms with Crippen LogP contribution in [0.3, 0.4) is 0 Å². The Balaban J connectivity index is 1.42. The smallest absolute Gasteiger partial charge is 0.206 e. The summed E-state index contributed by atoms with van der Waals surface area (Å²) in [7, 11) is 1.81. The lowest BCUT2D eigenvalue weighted by Gasteiger charge is -2.17. The van der Waals surface area contributed by atoms with E-state index in [1.165, 1.54) is 30.1 Å². The average Bonchev–Trinajstić information content (AvgIpc) is 2.86. The van der Waals surface area contributed by atoms with E-state index >= 15 is 0 Å². The number of sulfone groups is 1. The second kappa shape index (κ2) is 11.7. The third kappa shape index (κ3) is 6.69. The maximum absolute atomic E-state index is 12.6. The molecule has 0 N–H and O–H groups in total. The van der Waals surface area contributed by atoms with Crippen LogP contribution in [-0.4, -0.2) is 59.3 Å². The summed E-state index contributed by atoms with van der Waals surface area (Å²) in [5, 5.41) is 0. The molecule has 1 heterocycles. The molecule has 0 aliphatic rings. The molecule has 0 aliphatic carbocycles. The Labute approximate surface area is 195 Å². The van der Waals surface area contributed by atoms with Gasteiger partial charge in [0.2, 0.25) is 9.84 Å². The van der Waals surface area contributed by atoms with Crippen LogP contribution in [0.4, 0.5) is 0 Å². The van der Waals surface area contributed by atoms with E-state index in [2.05, 4.69) is 23.0 Å². The topological polar surface area (TPSA) is 78.0 Å². The molecule has 0 saturated carbocycles. The number of hydrogen-bond acceptors (Lipinski definition) is 7.